The Labute approximate surface area is 71.9 Å². The zero-order valence-corrected chi connectivity index (χ0v) is 7.46. The number of nitrogens with one attached hydrogen (secondary N) is 1. The van der Waals surface area contributed by atoms with Gasteiger partial charge in [-0.25, -0.2) is 4.98 Å². The minimum absolute atomic E-state index is 0.664. The molecule has 0 amide bonds. The first-order chi connectivity index (χ1) is 5.83. The summed E-state index contributed by atoms with van der Waals surface area (Å²) >= 11 is 0. The van der Waals surface area contributed by atoms with E-state index < -0.39 is 0 Å². The summed E-state index contributed by atoms with van der Waals surface area (Å²) in [5.74, 6) is 1.57. The number of hydrogen-bond acceptors (Lipinski definition) is 4. The summed E-state index contributed by atoms with van der Waals surface area (Å²) in [6, 6.07) is 0. The lowest BCUT2D eigenvalue weighted by Gasteiger charge is -1.99. The molecule has 1 heterocycles. The molecule has 0 spiro atoms. The largest absolute Gasteiger partial charge is 0.445 e. The Kier molecular flexibility index (Phi) is 3.76. The van der Waals surface area contributed by atoms with Crippen molar-refractivity contribution in [3.05, 3.63) is 17.8 Å². The zero-order valence-electron chi connectivity index (χ0n) is 7.46. The van der Waals surface area contributed by atoms with E-state index in [-0.39, 0.29) is 0 Å². The van der Waals surface area contributed by atoms with Crippen LogP contribution in [0.1, 0.15) is 11.7 Å². The van der Waals surface area contributed by atoms with E-state index in [1.54, 1.807) is 13.3 Å². The molecule has 0 saturated carbocycles. The van der Waals surface area contributed by atoms with Gasteiger partial charge >= 0.3 is 0 Å². The first kappa shape index (κ1) is 9.22. The Morgan fingerprint density at radius 2 is 2.50 bits per heavy atom. The topological polar surface area (TPSA) is 47.3 Å². The number of ether oxygens (including phenoxy) is 1. The SMILES string of the molecule is COCCNCc1ncc(C)o1. The number of nitrogens with zero attached hydrogens (tertiary/aromatic N) is 1. The standard InChI is InChI=1S/C8H14N2O2/c1-7-5-10-8(12-7)6-9-3-4-11-2/h5,9H,3-4,6H2,1-2H3. The molecule has 0 saturated heterocycles. The molecule has 0 unspecified atom stereocenters. The summed E-state index contributed by atoms with van der Waals surface area (Å²) < 4.78 is 10.1. The van der Waals surface area contributed by atoms with Crippen LogP contribution in [0.15, 0.2) is 10.6 Å². The van der Waals surface area contributed by atoms with Crippen LogP contribution in [0.25, 0.3) is 0 Å². The highest BCUT2D eigenvalue weighted by atomic mass is 16.5. The second-order valence-electron chi connectivity index (χ2n) is 2.53. The molecule has 1 N–H and O–H groups in total. The Hall–Kier alpha value is -0.870. The second kappa shape index (κ2) is 4.90. The van der Waals surface area contributed by atoms with Crippen LogP contribution in [-0.2, 0) is 11.3 Å². The molecule has 1 aromatic rings. The average molecular weight is 170 g/mol. The number of oxazole rings is 1. The molecule has 0 radical (unpaired) electrons. The van der Waals surface area contributed by atoms with Crippen molar-refractivity contribution in [2.75, 3.05) is 20.3 Å². The molecule has 0 aromatic carbocycles. The molecule has 68 valence electrons. The Morgan fingerprint density at radius 1 is 1.67 bits per heavy atom. The second-order valence-corrected chi connectivity index (χ2v) is 2.53. The van der Waals surface area contributed by atoms with E-state index in [9.17, 15) is 0 Å². The van der Waals surface area contributed by atoms with Crippen molar-refractivity contribution >= 4 is 0 Å². The molecule has 0 aliphatic heterocycles. The summed E-state index contributed by atoms with van der Waals surface area (Å²) in [4.78, 5) is 4.04. The first-order valence-corrected chi connectivity index (χ1v) is 3.94. The molecule has 0 atom stereocenters. The molecule has 0 bridgehead atoms. The predicted octanol–water partition coefficient (Wildman–Crippen LogP) is 0.719. The fourth-order valence-electron chi connectivity index (χ4n) is 0.853. The third-order valence-electron chi connectivity index (χ3n) is 1.43. The van der Waals surface area contributed by atoms with Gasteiger partial charge in [0.25, 0.3) is 0 Å². The van der Waals surface area contributed by atoms with Crippen LogP contribution in [-0.4, -0.2) is 25.2 Å². The zero-order chi connectivity index (χ0) is 8.81. The van der Waals surface area contributed by atoms with Gasteiger partial charge in [0.2, 0.25) is 5.89 Å². The molecule has 4 heteroatoms. The van der Waals surface area contributed by atoms with Gasteiger partial charge in [-0.1, -0.05) is 0 Å². The summed E-state index contributed by atoms with van der Waals surface area (Å²) in [6.07, 6.45) is 1.72. The number of rotatable bonds is 5. The van der Waals surface area contributed by atoms with Gasteiger partial charge in [-0.05, 0) is 6.92 Å². The minimum Gasteiger partial charge on any atom is -0.445 e. The summed E-state index contributed by atoms with van der Waals surface area (Å²) in [5.41, 5.74) is 0. The Bertz CT molecular complexity index is 223. The van der Waals surface area contributed by atoms with Crippen molar-refractivity contribution < 1.29 is 9.15 Å². The maximum atomic E-state index is 5.25. The van der Waals surface area contributed by atoms with E-state index in [0.717, 1.165) is 18.2 Å². The van der Waals surface area contributed by atoms with E-state index in [2.05, 4.69) is 10.3 Å². The van der Waals surface area contributed by atoms with Crippen LogP contribution in [0.4, 0.5) is 0 Å². The highest BCUT2D eigenvalue weighted by Gasteiger charge is 1.97. The van der Waals surface area contributed by atoms with Gasteiger partial charge in [0.1, 0.15) is 5.76 Å². The molecule has 0 aliphatic carbocycles. The van der Waals surface area contributed by atoms with Crippen molar-refractivity contribution in [1.29, 1.82) is 0 Å². The van der Waals surface area contributed by atoms with Crippen molar-refractivity contribution in [2.45, 2.75) is 13.5 Å². The Balaban J connectivity index is 2.15. The van der Waals surface area contributed by atoms with E-state index in [1.165, 1.54) is 0 Å². The summed E-state index contributed by atoms with van der Waals surface area (Å²) in [5, 5.41) is 3.13. The van der Waals surface area contributed by atoms with Gasteiger partial charge in [-0.15, -0.1) is 0 Å². The highest BCUT2D eigenvalue weighted by Crippen LogP contribution is 1.99. The van der Waals surface area contributed by atoms with Crippen LogP contribution in [0.5, 0.6) is 0 Å². The predicted molar refractivity (Wildman–Crippen MR) is 44.8 cm³/mol. The van der Waals surface area contributed by atoms with Gasteiger partial charge in [-0.2, -0.15) is 0 Å². The number of aryl methyl sites for hydroxylation is 1. The maximum Gasteiger partial charge on any atom is 0.208 e. The lowest BCUT2D eigenvalue weighted by molar-refractivity contribution is 0.198. The summed E-state index contributed by atoms with van der Waals surface area (Å²) in [6.45, 7) is 4.07. The monoisotopic (exact) mass is 170 g/mol. The molecule has 0 fully saturated rings. The van der Waals surface area contributed by atoms with Crippen LogP contribution in [0.2, 0.25) is 0 Å². The lowest BCUT2D eigenvalue weighted by Crippen LogP contribution is -2.18. The number of aromatic nitrogens is 1. The van der Waals surface area contributed by atoms with Gasteiger partial charge in [0.15, 0.2) is 0 Å². The van der Waals surface area contributed by atoms with Crippen LogP contribution in [0.3, 0.4) is 0 Å². The van der Waals surface area contributed by atoms with Crippen LogP contribution in [0, 0.1) is 6.92 Å². The first-order valence-electron chi connectivity index (χ1n) is 3.94. The van der Waals surface area contributed by atoms with Gasteiger partial charge in [0, 0.05) is 13.7 Å². The average Bonchev–Trinajstić information content (AvgIpc) is 2.45. The molecule has 1 aromatic heterocycles. The number of hydrogen-bond donors (Lipinski definition) is 1. The normalized spacial score (nSPS) is 10.5. The molecule has 4 nitrogen and oxygen atoms in total. The molecular formula is C8H14N2O2. The number of methoxy groups -OCH3 is 1. The quantitative estimate of drug-likeness (QED) is 0.661. The van der Waals surface area contributed by atoms with E-state index in [0.29, 0.717) is 13.2 Å². The van der Waals surface area contributed by atoms with Crippen LogP contribution < -0.4 is 5.32 Å². The third kappa shape index (κ3) is 3.02. The van der Waals surface area contributed by atoms with Gasteiger partial charge < -0.3 is 14.5 Å². The molecule has 1 rings (SSSR count). The van der Waals surface area contributed by atoms with Crippen LogP contribution >= 0.6 is 0 Å². The molecule has 0 aliphatic rings. The van der Waals surface area contributed by atoms with Crippen molar-refractivity contribution in [2.24, 2.45) is 0 Å². The fraction of sp³-hybridized carbons (Fsp3) is 0.625. The van der Waals surface area contributed by atoms with Gasteiger partial charge in [0.05, 0.1) is 19.3 Å². The molecular weight excluding hydrogens is 156 g/mol. The lowest BCUT2D eigenvalue weighted by atomic mass is 10.6. The van der Waals surface area contributed by atoms with Crippen molar-refractivity contribution in [1.82, 2.24) is 10.3 Å². The van der Waals surface area contributed by atoms with Crippen molar-refractivity contribution in [3.8, 4) is 0 Å². The highest BCUT2D eigenvalue weighted by molar-refractivity contribution is 4.90. The van der Waals surface area contributed by atoms with E-state index in [1.807, 2.05) is 6.92 Å². The fourth-order valence-corrected chi connectivity index (χ4v) is 0.853. The Morgan fingerprint density at radius 3 is 3.08 bits per heavy atom. The smallest absolute Gasteiger partial charge is 0.208 e. The van der Waals surface area contributed by atoms with Gasteiger partial charge in [-0.3, -0.25) is 0 Å². The molecule has 12 heavy (non-hydrogen) atoms. The summed E-state index contributed by atoms with van der Waals surface area (Å²) in [7, 11) is 1.68. The van der Waals surface area contributed by atoms with E-state index in [4.69, 9.17) is 9.15 Å². The third-order valence-corrected chi connectivity index (χ3v) is 1.43. The van der Waals surface area contributed by atoms with E-state index >= 15 is 0 Å². The minimum atomic E-state index is 0.664. The maximum absolute atomic E-state index is 5.25. The van der Waals surface area contributed by atoms with Crippen molar-refractivity contribution in [3.63, 3.8) is 0 Å².